The number of hydrazone groups is 1. The third kappa shape index (κ3) is 6.00. The molecule has 2 aromatic rings. The molecule has 0 aromatic heterocycles. The Kier molecular flexibility index (Phi) is 6.44. The van der Waals surface area contributed by atoms with Crippen LogP contribution in [0.4, 0.5) is 0 Å². The quantitative estimate of drug-likeness (QED) is 0.625. The van der Waals surface area contributed by atoms with Crippen molar-refractivity contribution in [3.05, 3.63) is 59.1 Å². The molecular weight excluding hydrogens is 316 g/mol. The Hall–Kier alpha value is -2.53. The molecule has 6 heteroatoms. The fraction of sp³-hybridized carbons (Fsp3) is 0.176. The average Bonchev–Trinajstić information content (AvgIpc) is 2.55. The van der Waals surface area contributed by atoms with Gasteiger partial charge in [-0.3, -0.25) is 4.79 Å². The number of rotatable bonds is 7. The van der Waals surface area contributed by atoms with Crippen molar-refractivity contribution in [2.24, 2.45) is 5.10 Å². The number of ether oxygens (including phenoxy) is 2. The van der Waals surface area contributed by atoms with Crippen LogP contribution in [0.3, 0.4) is 0 Å². The van der Waals surface area contributed by atoms with Gasteiger partial charge in [-0.25, -0.2) is 5.43 Å². The summed E-state index contributed by atoms with van der Waals surface area (Å²) in [4.78, 5) is 11.6. The summed E-state index contributed by atoms with van der Waals surface area (Å²) in [6.45, 7) is 2.39. The average molecular weight is 333 g/mol. The normalized spacial score (nSPS) is 10.5. The fourth-order valence-corrected chi connectivity index (χ4v) is 1.87. The SMILES string of the molecule is CCOc1cccc(/C=N\NC(=O)COc2ccc(Cl)cc2)c1. The maximum atomic E-state index is 11.6. The van der Waals surface area contributed by atoms with Crippen molar-refractivity contribution in [1.82, 2.24) is 5.43 Å². The lowest BCUT2D eigenvalue weighted by atomic mass is 10.2. The van der Waals surface area contributed by atoms with Gasteiger partial charge in [0.2, 0.25) is 0 Å². The minimum absolute atomic E-state index is 0.127. The molecule has 0 aliphatic carbocycles. The predicted octanol–water partition coefficient (Wildman–Crippen LogP) is 3.27. The van der Waals surface area contributed by atoms with Crippen LogP contribution in [0.5, 0.6) is 11.5 Å². The van der Waals surface area contributed by atoms with E-state index in [-0.39, 0.29) is 12.5 Å². The summed E-state index contributed by atoms with van der Waals surface area (Å²) in [6, 6.07) is 14.2. The van der Waals surface area contributed by atoms with Crippen molar-refractivity contribution in [2.45, 2.75) is 6.92 Å². The number of hydrogen-bond acceptors (Lipinski definition) is 4. The van der Waals surface area contributed by atoms with E-state index in [1.54, 1.807) is 30.5 Å². The molecule has 2 aromatic carbocycles. The zero-order valence-electron chi connectivity index (χ0n) is 12.7. The summed E-state index contributed by atoms with van der Waals surface area (Å²) >= 11 is 5.77. The molecule has 5 nitrogen and oxygen atoms in total. The molecule has 2 rings (SSSR count). The minimum atomic E-state index is -0.350. The van der Waals surface area contributed by atoms with E-state index in [9.17, 15) is 4.79 Å². The molecule has 1 amide bonds. The second kappa shape index (κ2) is 8.80. The zero-order chi connectivity index (χ0) is 16.5. The molecule has 0 saturated carbocycles. The number of carbonyl (C=O) groups is 1. The fourth-order valence-electron chi connectivity index (χ4n) is 1.74. The molecule has 0 bridgehead atoms. The van der Waals surface area contributed by atoms with Gasteiger partial charge in [0.15, 0.2) is 6.61 Å². The summed E-state index contributed by atoms with van der Waals surface area (Å²) in [5.41, 5.74) is 3.23. The number of carbonyl (C=O) groups excluding carboxylic acids is 1. The zero-order valence-corrected chi connectivity index (χ0v) is 13.4. The molecular formula is C17H17ClN2O3. The number of benzene rings is 2. The van der Waals surface area contributed by atoms with Crippen LogP contribution in [0, 0.1) is 0 Å². The smallest absolute Gasteiger partial charge is 0.277 e. The first-order valence-corrected chi connectivity index (χ1v) is 7.48. The number of amides is 1. The van der Waals surface area contributed by atoms with Crippen molar-refractivity contribution in [3.63, 3.8) is 0 Å². The van der Waals surface area contributed by atoms with Crippen LogP contribution in [0.1, 0.15) is 12.5 Å². The molecule has 0 fully saturated rings. The molecule has 0 saturated heterocycles. The lowest BCUT2D eigenvalue weighted by molar-refractivity contribution is -0.123. The minimum Gasteiger partial charge on any atom is -0.494 e. The topological polar surface area (TPSA) is 59.9 Å². The van der Waals surface area contributed by atoms with E-state index in [1.165, 1.54) is 0 Å². The van der Waals surface area contributed by atoms with Gasteiger partial charge in [0.25, 0.3) is 5.91 Å². The van der Waals surface area contributed by atoms with Gasteiger partial charge in [-0.05, 0) is 48.9 Å². The highest BCUT2D eigenvalue weighted by atomic mass is 35.5. The summed E-state index contributed by atoms with van der Waals surface area (Å²) in [5.74, 6) is 0.976. The Morgan fingerprint density at radius 1 is 1.17 bits per heavy atom. The van der Waals surface area contributed by atoms with Crippen LogP contribution < -0.4 is 14.9 Å². The Morgan fingerprint density at radius 3 is 2.70 bits per heavy atom. The van der Waals surface area contributed by atoms with E-state index < -0.39 is 0 Å². The molecule has 1 N–H and O–H groups in total. The van der Waals surface area contributed by atoms with Gasteiger partial charge in [-0.1, -0.05) is 23.7 Å². The van der Waals surface area contributed by atoms with Gasteiger partial charge in [0, 0.05) is 5.02 Å². The highest BCUT2D eigenvalue weighted by Gasteiger charge is 2.01. The second-order valence-electron chi connectivity index (χ2n) is 4.54. The van der Waals surface area contributed by atoms with Crippen molar-refractivity contribution in [2.75, 3.05) is 13.2 Å². The third-order valence-corrected chi connectivity index (χ3v) is 3.01. The van der Waals surface area contributed by atoms with Gasteiger partial charge in [0.05, 0.1) is 12.8 Å². The first kappa shape index (κ1) is 16.8. The molecule has 23 heavy (non-hydrogen) atoms. The van der Waals surface area contributed by atoms with Crippen LogP contribution in [-0.2, 0) is 4.79 Å². The first-order valence-electron chi connectivity index (χ1n) is 7.10. The van der Waals surface area contributed by atoms with Gasteiger partial charge < -0.3 is 9.47 Å². The van der Waals surface area contributed by atoms with Gasteiger partial charge >= 0.3 is 0 Å². The van der Waals surface area contributed by atoms with Crippen LogP contribution in [0.2, 0.25) is 5.02 Å². The van der Waals surface area contributed by atoms with Crippen LogP contribution in [0.15, 0.2) is 53.6 Å². The molecule has 120 valence electrons. The third-order valence-electron chi connectivity index (χ3n) is 2.76. The monoisotopic (exact) mass is 332 g/mol. The van der Waals surface area contributed by atoms with E-state index in [2.05, 4.69) is 10.5 Å². The van der Waals surface area contributed by atoms with Crippen molar-refractivity contribution in [3.8, 4) is 11.5 Å². The number of halogens is 1. The number of nitrogens with one attached hydrogen (secondary N) is 1. The van der Waals surface area contributed by atoms with Gasteiger partial charge in [0.1, 0.15) is 11.5 Å². The van der Waals surface area contributed by atoms with Crippen LogP contribution in [-0.4, -0.2) is 25.3 Å². The second-order valence-corrected chi connectivity index (χ2v) is 4.98. The Labute approximate surface area is 139 Å². The Morgan fingerprint density at radius 2 is 1.96 bits per heavy atom. The molecule has 0 radical (unpaired) electrons. The van der Waals surface area contributed by atoms with E-state index in [0.717, 1.165) is 11.3 Å². The molecule has 0 atom stereocenters. The molecule has 0 aliphatic heterocycles. The van der Waals surface area contributed by atoms with Crippen molar-refractivity contribution >= 4 is 23.7 Å². The lowest BCUT2D eigenvalue weighted by Gasteiger charge is -2.05. The van der Waals surface area contributed by atoms with E-state index in [0.29, 0.717) is 17.4 Å². The maximum Gasteiger partial charge on any atom is 0.277 e. The molecule has 0 spiro atoms. The van der Waals surface area contributed by atoms with E-state index in [4.69, 9.17) is 21.1 Å². The summed E-state index contributed by atoms with van der Waals surface area (Å²) in [6.07, 6.45) is 1.54. The van der Waals surface area contributed by atoms with E-state index in [1.807, 2.05) is 31.2 Å². The first-order chi connectivity index (χ1) is 11.2. The molecule has 0 unspecified atom stereocenters. The van der Waals surface area contributed by atoms with E-state index >= 15 is 0 Å². The molecule has 0 heterocycles. The molecule has 0 aliphatic rings. The highest BCUT2D eigenvalue weighted by Crippen LogP contribution is 2.15. The summed E-state index contributed by atoms with van der Waals surface area (Å²) < 4.78 is 10.7. The Bertz CT molecular complexity index is 672. The Balaban J connectivity index is 1.79. The van der Waals surface area contributed by atoms with Gasteiger partial charge in [-0.15, -0.1) is 0 Å². The summed E-state index contributed by atoms with van der Waals surface area (Å²) in [5, 5.41) is 4.50. The predicted molar refractivity (Wildman–Crippen MR) is 90.3 cm³/mol. The lowest BCUT2D eigenvalue weighted by Crippen LogP contribution is -2.24. The van der Waals surface area contributed by atoms with Crippen molar-refractivity contribution < 1.29 is 14.3 Å². The maximum absolute atomic E-state index is 11.6. The number of nitrogens with zero attached hydrogens (tertiary/aromatic N) is 1. The summed E-state index contributed by atoms with van der Waals surface area (Å²) in [7, 11) is 0. The standard InChI is InChI=1S/C17H17ClN2O3/c1-2-22-16-5-3-4-13(10-16)11-19-20-17(21)12-23-15-8-6-14(18)7-9-15/h3-11H,2,12H2,1H3,(H,20,21)/b19-11-. The largest absolute Gasteiger partial charge is 0.494 e. The van der Waals surface area contributed by atoms with Crippen molar-refractivity contribution in [1.29, 1.82) is 0 Å². The highest BCUT2D eigenvalue weighted by molar-refractivity contribution is 6.30. The van der Waals surface area contributed by atoms with Crippen LogP contribution >= 0.6 is 11.6 Å². The van der Waals surface area contributed by atoms with Crippen LogP contribution in [0.25, 0.3) is 0 Å². The number of hydrogen-bond donors (Lipinski definition) is 1. The van der Waals surface area contributed by atoms with Gasteiger partial charge in [-0.2, -0.15) is 5.10 Å².